The molecule has 1 saturated carbocycles. The smallest absolute Gasteiger partial charge is 0.410 e. The monoisotopic (exact) mass is 631 g/mol. The standard InChI is InChI=1S/C35H45N5O6/c1-35(2,3)46-34(44)38-16-15-36-20-29(38)25-18-23(19-25)17-24-7-6-8-27-31(24)37(4)33(43)40(27)28-13-14-30(41)39(32(28)42)21-22-9-11-26(45-5)12-10-22/h6-12,23,25,28-29,36H,13-21H2,1-5H3. The van der Waals surface area contributed by atoms with Gasteiger partial charge in [0.1, 0.15) is 17.4 Å². The van der Waals surface area contributed by atoms with Crippen molar-refractivity contribution < 1.29 is 23.9 Å². The van der Waals surface area contributed by atoms with Gasteiger partial charge in [-0.05, 0) is 87.6 Å². The predicted molar refractivity (Wildman–Crippen MR) is 174 cm³/mol. The number of nitrogens with zero attached hydrogens (tertiary/aromatic N) is 4. The van der Waals surface area contributed by atoms with E-state index in [-0.39, 0.29) is 49.0 Å². The number of imidazole rings is 1. The van der Waals surface area contributed by atoms with Gasteiger partial charge in [-0.1, -0.05) is 24.3 Å². The number of benzene rings is 2. The number of piperidine rings is 1. The summed E-state index contributed by atoms with van der Waals surface area (Å²) in [4.78, 5) is 56.6. The second-order valence-corrected chi connectivity index (χ2v) is 14.0. The quantitative estimate of drug-likeness (QED) is 0.392. The maximum absolute atomic E-state index is 13.8. The summed E-state index contributed by atoms with van der Waals surface area (Å²) in [5.41, 5.74) is 2.63. The van der Waals surface area contributed by atoms with Crippen molar-refractivity contribution in [2.75, 3.05) is 26.7 Å². The molecule has 1 N–H and O–H groups in total. The van der Waals surface area contributed by atoms with Gasteiger partial charge < -0.3 is 19.7 Å². The van der Waals surface area contributed by atoms with E-state index in [4.69, 9.17) is 9.47 Å². The van der Waals surface area contributed by atoms with Crippen LogP contribution in [0.15, 0.2) is 47.3 Å². The molecule has 2 aromatic carbocycles. The first-order chi connectivity index (χ1) is 21.9. The number of para-hydroxylation sites is 1. The molecule has 11 heteroatoms. The fraction of sp³-hybridized carbons (Fsp3) is 0.543. The lowest BCUT2D eigenvalue weighted by atomic mass is 9.68. The summed E-state index contributed by atoms with van der Waals surface area (Å²) in [6, 6.07) is 12.5. The largest absolute Gasteiger partial charge is 0.497 e. The number of fused-ring (bicyclic) bond motifs is 1. The number of hydrogen-bond donors (Lipinski definition) is 1. The molecule has 3 fully saturated rings. The molecule has 2 atom stereocenters. The van der Waals surface area contributed by atoms with E-state index in [2.05, 4.69) is 11.4 Å². The molecule has 3 heterocycles. The second kappa shape index (κ2) is 12.6. The molecule has 3 aliphatic rings. The summed E-state index contributed by atoms with van der Waals surface area (Å²) in [6.07, 6.45) is 3.01. The maximum atomic E-state index is 13.8. The fourth-order valence-corrected chi connectivity index (χ4v) is 7.40. The normalized spacial score (nSPS) is 23.8. The molecule has 2 unspecified atom stereocenters. The van der Waals surface area contributed by atoms with Crippen LogP contribution in [0.25, 0.3) is 11.0 Å². The van der Waals surface area contributed by atoms with Gasteiger partial charge in [0.25, 0.3) is 5.91 Å². The summed E-state index contributed by atoms with van der Waals surface area (Å²) in [5, 5.41) is 3.45. The van der Waals surface area contributed by atoms with Gasteiger partial charge >= 0.3 is 11.8 Å². The Morgan fingerprint density at radius 1 is 1.04 bits per heavy atom. The van der Waals surface area contributed by atoms with Crippen molar-refractivity contribution >= 4 is 28.9 Å². The molecule has 246 valence electrons. The second-order valence-electron chi connectivity index (χ2n) is 14.0. The Kier molecular flexibility index (Phi) is 8.71. The van der Waals surface area contributed by atoms with E-state index in [1.807, 2.05) is 49.9 Å². The van der Waals surface area contributed by atoms with Crippen LogP contribution in [0.1, 0.15) is 63.6 Å². The molecule has 1 aliphatic carbocycles. The fourth-order valence-electron chi connectivity index (χ4n) is 7.40. The summed E-state index contributed by atoms with van der Waals surface area (Å²) >= 11 is 0. The minimum atomic E-state index is -0.756. The Morgan fingerprint density at radius 3 is 2.48 bits per heavy atom. The molecule has 0 spiro atoms. The third kappa shape index (κ3) is 6.17. The Labute approximate surface area is 269 Å². The lowest BCUT2D eigenvalue weighted by Crippen LogP contribution is -2.59. The molecule has 6 rings (SSSR count). The van der Waals surface area contributed by atoms with Crippen LogP contribution in [-0.4, -0.2) is 75.2 Å². The topological polar surface area (TPSA) is 115 Å². The van der Waals surface area contributed by atoms with Gasteiger partial charge in [-0.3, -0.25) is 23.6 Å². The Bertz CT molecular complexity index is 1680. The zero-order chi connectivity index (χ0) is 32.7. The number of imide groups is 1. The van der Waals surface area contributed by atoms with Crippen molar-refractivity contribution in [1.29, 1.82) is 0 Å². The van der Waals surface area contributed by atoms with Gasteiger partial charge in [0, 0.05) is 33.1 Å². The minimum absolute atomic E-state index is 0.0990. The number of amides is 3. The number of piperazine rings is 1. The van der Waals surface area contributed by atoms with Gasteiger partial charge in [-0.15, -0.1) is 0 Å². The van der Waals surface area contributed by atoms with Crippen molar-refractivity contribution in [3.8, 4) is 5.75 Å². The van der Waals surface area contributed by atoms with E-state index in [1.165, 1.54) is 4.90 Å². The van der Waals surface area contributed by atoms with Crippen molar-refractivity contribution in [2.24, 2.45) is 18.9 Å². The van der Waals surface area contributed by atoms with Crippen molar-refractivity contribution in [1.82, 2.24) is 24.3 Å². The maximum Gasteiger partial charge on any atom is 0.410 e. The van der Waals surface area contributed by atoms with Crippen molar-refractivity contribution in [2.45, 2.75) is 77.1 Å². The number of aryl methyl sites for hydroxylation is 1. The van der Waals surface area contributed by atoms with Crippen molar-refractivity contribution in [3.05, 3.63) is 64.1 Å². The average molecular weight is 632 g/mol. The van der Waals surface area contributed by atoms with E-state index < -0.39 is 11.6 Å². The third-order valence-corrected chi connectivity index (χ3v) is 9.72. The molecule has 2 aliphatic heterocycles. The molecule has 46 heavy (non-hydrogen) atoms. The molecule has 2 saturated heterocycles. The molecular formula is C35H45N5O6. The van der Waals surface area contributed by atoms with E-state index in [0.717, 1.165) is 49.0 Å². The number of carbonyl (C=O) groups is 3. The minimum Gasteiger partial charge on any atom is -0.497 e. The first-order valence-corrected chi connectivity index (χ1v) is 16.3. The predicted octanol–water partition coefficient (Wildman–Crippen LogP) is 4.02. The highest BCUT2D eigenvalue weighted by molar-refractivity contribution is 6.00. The van der Waals surface area contributed by atoms with Crippen LogP contribution in [0.2, 0.25) is 0 Å². The van der Waals surface area contributed by atoms with Crippen LogP contribution < -0.4 is 15.7 Å². The van der Waals surface area contributed by atoms with E-state index in [0.29, 0.717) is 29.6 Å². The number of carbonyl (C=O) groups excluding carboxylic acids is 3. The summed E-state index contributed by atoms with van der Waals surface area (Å²) < 4.78 is 14.2. The van der Waals surface area contributed by atoms with E-state index in [1.54, 1.807) is 35.4 Å². The van der Waals surface area contributed by atoms with E-state index >= 15 is 0 Å². The van der Waals surface area contributed by atoms with Crippen LogP contribution in [-0.2, 0) is 34.3 Å². The zero-order valence-electron chi connectivity index (χ0n) is 27.5. The Hall–Kier alpha value is -4.12. The number of methoxy groups -OCH3 is 1. The molecule has 11 nitrogen and oxygen atoms in total. The molecule has 0 radical (unpaired) electrons. The number of rotatable bonds is 7. The summed E-state index contributed by atoms with van der Waals surface area (Å²) in [5.74, 6) is 0.910. The lowest BCUT2D eigenvalue weighted by Gasteiger charge is -2.47. The number of aromatic nitrogens is 2. The van der Waals surface area contributed by atoms with Crippen LogP contribution in [0.4, 0.5) is 4.79 Å². The van der Waals surface area contributed by atoms with Crippen molar-refractivity contribution in [3.63, 3.8) is 0 Å². The van der Waals surface area contributed by atoms with Crippen LogP contribution >= 0.6 is 0 Å². The molecule has 3 aromatic rings. The number of likely N-dealkylation sites (tertiary alicyclic amines) is 1. The first kappa shape index (κ1) is 31.8. The lowest BCUT2D eigenvalue weighted by molar-refractivity contribution is -0.151. The van der Waals surface area contributed by atoms with Crippen LogP contribution in [0, 0.1) is 11.8 Å². The zero-order valence-corrected chi connectivity index (χ0v) is 27.5. The number of ether oxygens (including phenoxy) is 2. The van der Waals surface area contributed by atoms with Gasteiger partial charge in [0.05, 0.1) is 30.7 Å². The van der Waals surface area contributed by atoms with Gasteiger partial charge in [0.15, 0.2) is 0 Å². The molecular weight excluding hydrogens is 586 g/mol. The van der Waals surface area contributed by atoms with Crippen LogP contribution in [0.5, 0.6) is 5.75 Å². The highest BCUT2D eigenvalue weighted by Crippen LogP contribution is 2.41. The summed E-state index contributed by atoms with van der Waals surface area (Å²) in [6.45, 7) is 7.99. The average Bonchev–Trinajstić information content (AvgIpc) is 3.26. The number of nitrogens with one attached hydrogen (secondary N) is 1. The number of hydrogen-bond acceptors (Lipinski definition) is 7. The van der Waals surface area contributed by atoms with Gasteiger partial charge in [-0.25, -0.2) is 9.59 Å². The molecule has 3 amide bonds. The first-order valence-electron chi connectivity index (χ1n) is 16.3. The van der Waals surface area contributed by atoms with Gasteiger partial charge in [-0.2, -0.15) is 0 Å². The highest BCUT2D eigenvalue weighted by atomic mass is 16.6. The molecule has 0 bridgehead atoms. The Morgan fingerprint density at radius 2 is 1.78 bits per heavy atom. The highest BCUT2D eigenvalue weighted by Gasteiger charge is 2.42. The third-order valence-electron chi connectivity index (χ3n) is 9.72. The Balaban J connectivity index is 1.18. The van der Waals surface area contributed by atoms with E-state index in [9.17, 15) is 19.2 Å². The molecule has 1 aromatic heterocycles. The van der Waals surface area contributed by atoms with Crippen LogP contribution in [0.3, 0.4) is 0 Å². The SMILES string of the molecule is COc1ccc(CN2C(=O)CCC(n3c(=O)n(C)c4c(CC5CC(C6CNCCN6C(=O)OC(C)(C)C)C5)cccc43)C2=O)cc1. The van der Waals surface area contributed by atoms with Gasteiger partial charge in [0.2, 0.25) is 5.91 Å². The summed E-state index contributed by atoms with van der Waals surface area (Å²) in [7, 11) is 3.35.